The number of ether oxygens (including phenoxy) is 1. The van der Waals surface area contributed by atoms with E-state index in [9.17, 15) is 4.79 Å². The van der Waals surface area contributed by atoms with Crippen LogP contribution in [0, 0.1) is 0 Å². The van der Waals surface area contributed by atoms with Gasteiger partial charge in [0, 0.05) is 55.9 Å². The number of fused-ring (bicyclic) bond motifs is 3. The maximum atomic E-state index is 12.2. The van der Waals surface area contributed by atoms with Crippen LogP contribution in [0.25, 0.3) is 22.0 Å². The van der Waals surface area contributed by atoms with Crippen LogP contribution in [0.1, 0.15) is 12.0 Å². The Balaban J connectivity index is 1.49. The Kier molecular flexibility index (Phi) is 6.61. The minimum absolute atomic E-state index is 0.0277. The number of benzene rings is 2. The Bertz CT molecular complexity index is 1400. The van der Waals surface area contributed by atoms with Crippen molar-refractivity contribution >= 4 is 40.2 Å². The third-order valence-corrected chi connectivity index (χ3v) is 8.14. The van der Waals surface area contributed by atoms with Crippen LogP contribution in [-0.4, -0.2) is 91.7 Å². The van der Waals surface area contributed by atoms with E-state index in [4.69, 9.17) is 26.3 Å². The fourth-order valence-electron chi connectivity index (χ4n) is 5.60. The molecule has 0 spiro atoms. The third-order valence-electron chi connectivity index (χ3n) is 7.91. The van der Waals surface area contributed by atoms with Gasteiger partial charge < -0.3 is 24.3 Å². The van der Waals surface area contributed by atoms with Crippen LogP contribution in [0.5, 0.6) is 5.75 Å². The number of amides is 1. The van der Waals surface area contributed by atoms with Gasteiger partial charge in [0.25, 0.3) is 0 Å². The van der Waals surface area contributed by atoms with Gasteiger partial charge in [-0.15, -0.1) is 0 Å². The molecule has 2 fully saturated rings. The minimum Gasteiger partial charge on any atom is -0.492 e. The molecule has 2 saturated heterocycles. The van der Waals surface area contributed by atoms with Crippen LogP contribution in [0.2, 0.25) is 5.02 Å². The van der Waals surface area contributed by atoms with E-state index in [0.717, 1.165) is 65.5 Å². The van der Waals surface area contributed by atoms with Crippen molar-refractivity contribution in [3.05, 3.63) is 53.6 Å². The minimum atomic E-state index is -0.0277. The van der Waals surface area contributed by atoms with Crippen molar-refractivity contribution in [3.63, 3.8) is 0 Å². The van der Waals surface area contributed by atoms with E-state index in [1.807, 2.05) is 23.1 Å². The predicted octanol–water partition coefficient (Wildman–Crippen LogP) is 3.86. The van der Waals surface area contributed by atoms with Crippen LogP contribution >= 0.6 is 11.6 Å². The van der Waals surface area contributed by atoms with Gasteiger partial charge in [0.05, 0.1) is 17.5 Å². The molecule has 3 aliphatic rings. The summed E-state index contributed by atoms with van der Waals surface area (Å²) in [5, 5.41) is 1.67. The molecule has 198 valence electrons. The average Bonchev–Trinajstić information content (AvgIpc) is 2.90. The molecule has 1 aromatic heterocycles. The normalized spacial score (nSPS) is 17.8. The number of rotatable bonds is 5. The molecule has 0 aliphatic carbocycles. The van der Waals surface area contributed by atoms with Gasteiger partial charge in [0.1, 0.15) is 11.6 Å². The first-order chi connectivity index (χ1) is 18.4. The van der Waals surface area contributed by atoms with Gasteiger partial charge in [-0.1, -0.05) is 30.3 Å². The summed E-state index contributed by atoms with van der Waals surface area (Å²) in [5.74, 6) is 2.48. The number of nitrogens with zero attached hydrogens (tertiary/aromatic N) is 6. The van der Waals surface area contributed by atoms with Crippen molar-refractivity contribution in [1.29, 1.82) is 0 Å². The van der Waals surface area contributed by atoms with E-state index >= 15 is 0 Å². The van der Waals surface area contributed by atoms with E-state index < -0.39 is 0 Å². The molecule has 0 radical (unpaired) electrons. The molecular formula is C29H33ClN6O2. The Morgan fingerprint density at radius 3 is 2.63 bits per heavy atom. The molecule has 0 saturated carbocycles. The van der Waals surface area contributed by atoms with E-state index in [2.05, 4.69) is 47.5 Å². The first kappa shape index (κ1) is 24.9. The molecule has 4 heterocycles. The molecule has 1 amide bonds. The Labute approximate surface area is 228 Å². The zero-order valence-electron chi connectivity index (χ0n) is 22.0. The van der Waals surface area contributed by atoms with Gasteiger partial charge in [-0.25, -0.2) is 4.98 Å². The van der Waals surface area contributed by atoms with Crippen molar-refractivity contribution in [2.24, 2.45) is 0 Å². The van der Waals surface area contributed by atoms with Crippen LogP contribution in [0.3, 0.4) is 0 Å². The Hall–Kier alpha value is -3.36. The maximum absolute atomic E-state index is 12.2. The van der Waals surface area contributed by atoms with Gasteiger partial charge in [-0.2, -0.15) is 4.98 Å². The van der Waals surface area contributed by atoms with E-state index in [1.165, 1.54) is 11.6 Å². The van der Waals surface area contributed by atoms with E-state index in [0.29, 0.717) is 43.9 Å². The second kappa shape index (κ2) is 10.1. The summed E-state index contributed by atoms with van der Waals surface area (Å²) in [4.78, 5) is 31.1. The Morgan fingerprint density at radius 2 is 1.92 bits per heavy atom. The summed E-state index contributed by atoms with van der Waals surface area (Å²) in [7, 11) is 4.22. The molecule has 38 heavy (non-hydrogen) atoms. The topological polar surface area (TPSA) is 65.0 Å². The molecule has 3 aromatic rings. The summed E-state index contributed by atoms with van der Waals surface area (Å²) in [6.07, 6.45) is 3.27. The number of anilines is 2. The number of carbonyl (C=O) groups excluding carboxylic acids is 1. The fourth-order valence-corrected chi connectivity index (χ4v) is 5.79. The molecule has 0 N–H and O–H groups in total. The van der Waals surface area contributed by atoms with Crippen LogP contribution in [-0.2, 0) is 11.2 Å². The number of likely N-dealkylation sites (N-methyl/N-ethyl adjacent to an activating group) is 1. The lowest BCUT2D eigenvalue weighted by Gasteiger charge is -2.43. The molecule has 0 bridgehead atoms. The van der Waals surface area contributed by atoms with Crippen LogP contribution in [0.15, 0.2) is 43.0 Å². The smallest absolute Gasteiger partial charge is 0.246 e. The highest BCUT2D eigenvalue weighted by molar-refractivity contribution is 6.30. The quantitative estimate of drug-likeness (QED) is 0.462. The SMILES string of the molecule is C=CC(=O)N1CCN(c2nc(N3CC(N(C)C)C3)nc3cc(-c4cccc(Cl)c4)c4c(c23)OCCC4)CC1. The van der Waals surface area contributed by atoms with Crippen LogP contribution < -0.4 is 14.5 Å². The average molecular weight is 533 g/mol. The lowest BCUT2D eigenvalue weighted by atomic mass is 9.92. The molecule has 0 atom stereocenters. The standard InChI is InChI=1S/C29H33ClN6O2/c1-4-25(37)34-10-12-35(13-11-34)28-26-24(31-29(32-28)36-17-21(18-36)33(2)3)16-23(19-7-5-8-20(30)15-19)22-9-6-14-38-27(22)26/h4-5,7-8,15-16,21H,1,6,9-14,17-18H2,2-3H3. The van der Waals surface area contributed by atoms with E-state index in [1.54, 1.807) is 0 Å². The summed E-state index contributed by atoms with van der Waals surface area (Å²) in [5.41, 5.74) is 4.23. The number of halogens is 1. The van der Waals surface area contributed by atoms with Crippen molar-refractivity contribution in [2.75, 3.05) is 69.8 Å². The number of carbonyl (C=O) groups is 1. The molecule has 0 unspecified atom stereocenters. The summed E-state index contributed by atoms with van der Waals surface area (Å²) in [6, 6.07) is 10.7. The van der Waals surface area contributed by atoms with Gasteiger partial charge in [-0.05, 0) is 62.3 Å². The highest BCUT2D eigenvalue weighted by Crippen LogP contribution is 2.44. The van der Waals surface area contributed by atoms with Gasteiger partial charge in [0.2, 0.25) is 11.9 Å². The fraction of sp³-hybridized carbons (Fsp3) is 0.414. The van der Waals surface area contributed by atoms with Crippen molar-refractivity contribution < 1.29 is 9.53 Å². The summed E-state index contributed by atoms with van der Waals surface area (Å²) in [6.45, 7) is 8.73. The number of hydrogen-bond acceptors (Lipinski definition) is 7. The van der Waals surface area contributed by atoms with Gasteiger partial charge in [-0.3, -0.25) is 4.79 Å². The zero-order chi connectivity index (χ0) is 26.4. The maximum Gasteiger partial charge on any atom is 0.246 e. The first-order valence-electron chi connectivity index (χ1n) is 13.3. The highest BCUT2D eigenvalue weighted by Gasteiger charge is 2.33. The first-order valence-corrected chi connectivity index (χ1v) is 13.6. The summed E-state index contributed by atoms with van der Waals surface area (Å²) < 4.78 is 6.39. The van der Waals surface area contributed by atoms with Gasteiger partial charge >= 0.3 is 0 Å². The van der Waals surface area contributed by atoms with E-state index in [-0.39, 0.29) is 5.91 Å². The third kappa shape index (κ3) is 4.46. The lowest BCUT2D eigenvalue weighted by molar-refractivity contribution is -0.126. The number of hydrogen-bond donors (Lipinski definition) is 0. The molecule has 3 aliphatic heterocycles. The van der Waals surface area contributed by atoms with Crippen molar-refractivity contribution in [2.45, 2.75) is 18.9 Å². The van der Waals surface area contributed by atoms with Crippen molar-refractivity contribution in [1.82, 2.24) is 19.8 Å². The Morgan fingerprint density at radius 1 is 1.13 bits per heavy atom. The lowest BCUT2D eigenvalue weighted by Crippen LogP contribution is -2.58. The van der Waals surface area contributed by atoms with Gasteiger partial charge in [0.15, 0.2) is 0 Å². The second-order valence-corrected chi connectivity index (χ2v) is 10.9. The summed E-state index contributed by atoms with van der Waals surface area (Å²) >= 11 is 6.39. The molecular weight excluding hydrogens is 500 g/mol. The second-order valence-electron chi connectivity index (χ2n) is 10.5. The molecule has 9 heteroatoms. The largest absolute Gasteiger partial charge is 0.492 e. The molecule has 2 aromatic carbocycles. The predicted molar refractivity (Wildman–Crippen MR) is 152 cm³/mol. The highest BCUT2D eigenvalue weighted by atomic mass is 35.5. The number of piperazine rings is 1. The molecule has 8 nitrogen and oxygen atoms in total. The zero-order valence-corrected chi connectivity index (χ0v) is 22.7. The van der Waals surface area contributed by atoms with Crippen molar-refractivity contribution in [3.8, 4) is 16.9 Å². The van der Waals surface area contributed by atoms with Crippen LogP contribution in [0.4, 0.5) is 11.8 Å². The molecule has 6 rings (SSSR count). The monoisotopic (exact) mass is 532 g/mol. The number of aromatic nitrogens is 2.